The second-order valence-corrected chi connectivity index (χ2v) is 18.6. The van der Waals surface area contributed by atoms with Crippen molar-refractivity contribution in [2.75, 3.05) is 50.2 Å². The molecule has 6 rings (SSSR count). The summed E-state index contributed by atoms with van der Waals surface area (Å²) in [5.41, 5.74) is 15.7. The fourth-order valence-corrected chi connectivity index (χ4v) is 7.18. The van der Waals surface area contributed by atoms with E-state index in [1.807, 2.05) is 23.9 Å². The minimum absolute atomic E-state index is 0.518. The molecule has 0 spiro atoms. The lowest BCUT2D eigenvalue weighted by atomic mass is 10.0. The number of rotatable bonds is 50. The van der Waals surface area contributed by atoms with Gasteiger partial charge in [-0.1, -0.05) is 28.6 Å². The molecule has 0 bridgehead atoms. The first-order valence-electron chi connectivity index (χ1n) is 31.2. The summed E-state index contributed by atoms with van der Waals surface area (Å²) >= 11 is 0. The maximum Gasteiger partial charge on any atom is 0.227 e. The molecule has 0 aliphatic carbocycles. The van der Waals surface area contributed by atoms with Crippen molar-refractivity contribution in [3.05, 3.63) is 60.0 Å². The van der Waals surface area contributed by atoms with Crippen LogP contribution in [0.5, 0.6) is 0 Å². The van der Waals surface area contributed by atoms with Crippen LogP contribution < -0.4 is 27.6 Å². The number of benzene rings is 2. The van der Waals surface area contributed by atoms with Crippen LogP contribution in [0, 0.1) is 6.92 Å². The molecule has 98 heteroatoms. The molecule has 98 nitrogen and oxygen atoms in total. The predicted molar refractivity (Wildman–Crippen MR) is 379 cm³/mol. The number of likely N-dealkylation sites (N-methyl/N-ethyl adjacent to an activating group) is 2. The number of nitrogens with two attached hydrogens (primary N) is 3. The third kappa shape index (κ3) is 45.3. The van der Waals surface area contributed by atoms with Gasteiger partial charge in [0.2, 0.25) is 5.95 Å². The molecule has 0 saturated carbocycles. The van der Waals surface area contributed by atoms with E-state index in [4.69, 9.17) is 10.7 Å². The fourth-order valence-electron chi connectivity index (χ4n) is 7.18. The molecule has 0 radical (unpaired) electrons. The summed E-state index contributed by atoms with van der Waals surface area (Å²) in [4.78, 5) is 18.6. The summed E-state index contributed by atoms with van der Waals surface area (Å²) in [5, 5.41) is 266. The number of nitrogens with zero attached hydrogens (tertiary/aromatic N) is 94. The number of aromatic nitrogens is 6. The molecule has 1 aliphatic heterocycles. The van der Waals surface area contributed by atoms with Crippen LogP contribution in [0.1, 0.15) is 17.5 Å². The zero-order chi connectivity index (χ0) is 90.8. The van der Waals surface area contributed by atoms with Crippen molar-refractivity contribution in [1.82, 2.24) is 34.2 Å². The summed E-state index contributed by atoms with van der Waals surface area (Å²) in [6.07, 6.45) is 5.56. The third-order valence-corrected chi connectivity index (χ3v) is 11.2. The molecule has 1 aliphatic rings. The van der Waals surface area contributed by atoms with Gasteiger partial charge in [-0.2, -0.15) is 5.10 Å². The molecule has 0 saturated heterocycles. The lowest BCUT2D eigenvalue weighted by molar-refractivity contribution is 0.416. The zero-order valence-electron chi connectivity index (χ0n) is 63.4. The Balaban J connectivity index is 0.000000591. The number of anilines is 4. The minimum atomic E-state index is 0.518. The van der Waals surface area contributed by atoms with Gasteiger partial charge in [0.15, 0.2) is 5.82 Å². The Morgan fingerprint density at radius 3 is 0.922 bits per heavy atom. The Bertz CT molecular complexity index is 5360. The molecular formula is C30H40N98. The summed E-state index contributed by atoms with van der Waals surface area (Å²) in [5.74, 6) is 10.6. The van der Waals surface area contributed by atoms with Crippen LogP contribution in [-0.4, -0.2) is 68.4 Å². The highest BCUT2D eigenvalue weighted by Gasteiger charge is 2.27. The largest absolute Gasteiger partial charge is 0.397 e. The lowest BCUT2D eigenvalue weighted by Crippen LogP contribution is -2.29. The molecule has 3 aromatic heterocycles. The normalized spacial score (nSPS) is 14.8. The van der Waals surface area contributed by atoms with Gasteiger partial charge in [-0.15, -0.1) is 0 Å². The molecule has 0 unspecified atom stereocenters. The van der Waals surface area contributed by atoms with Crippen molar-refractivity contribution in [2.24, 2.45) is 468 Å². The fraction of sp³-hybridized carbons (Fsp3) is 0.333. The van der Waals surface area contributed by atoms with E-state index in [9.17, 15) is 0 Å². The van der Waals surface area contributed by atoms with E-state index in [0.717, 1.165) is 72.2 Å². The standard InChI is InChI=1S/C30H36N10.H4N88/c1-19-16-25(38(4)15-14-37(2)3)22(31)17-24(19)36-30-32-12-11-23(35-30)26-21-10-6-8-20-9-7-13-40(27(20)21)28(26)29-33-18-34-39(29)5;1-3-5-7-9-11-13-15-17-19-21-23-25-27-29-31-33-35-37-39-41-43-45-47-49-51-53-55-57-59-61-63-65-67-69-71-73-75-77-79-81-83-85-87-88-86-84-82-80-78-76-74-72-70-68-66-64-62-60-58-56-54-52-50-48-46-44-42-40-38-36-34-32-30-28-26-24-22-20-18-16-14-12-10-8-6-4-2/h6,8,10-12,16-18H,7,9,13-15,31H2,1-5H3,(H,32,35,36);(H2,1,4,5,8,9,12,13,16,17,20,21,24,25,28,29,32,33,36,37,40,41,44,45,48,49,52,53,56,57,60,61,64,65,68,69,72,73,76,77,80,81,84,85,88)(H2,2,3,6,7,10,11,14,15,18,19,22,23,26,27,30,31,34,35,38,39,42,43,46,47,50,51,54,55,58,59,62,63,66,67,70,71,74,75,78,79,82,83,86,87). The maximum atomic E-state index is 6.51. The van der Waals surface area contributed by atoms with E-state index in [-0.39, 0.29) is 0 Å². The summed E-state index contributed by atoms with van der Waals surface area (Å²) in [6.45, 7) is 4.84. The van der Waals surface area contributed by atoms with Crippen molar-refractivity contribution in [1.29, 1.82) is 0 Å². The third-order valence-electron chi connectivity index (χ3n) is 11.2. The quantitative estimate of drug-likeness (QED) is 0.0123. The number of aryl methyl sites for hydroxylation is 4. The Morgan fingerprint density at radius 2 is 0.656 bits per heavy atom. The van der Waals surface area contributed by atoms with Crippen LogP contribution >= 0.6 is 0 Å². The van der Waals surface area contributed by atoms with Crippen LogP contribution in [0.15, 0.2) is 498 Å². The van der Waals surface area contributed by atoms with Crippen LogP contribution in [0.3, 0.4) is 0 Å². The first-order valence-corrected chi connectivity index (χ1v) is 31.2. The minimum Gasteiger partial charge on any atom is -0.397 e. The highest BCUT2D eigenvalue weighted by Crippen LogP contribution is 2.43. The molecule has 128 heavy (non-hydrogen) atoms. The topological polar surface area (TPSA) is 1220 Å². The molecule has 4 heterocycles. The smallest absolute Gasteiger partial charge is 0.227 e. The first-order chi connectivity index (χ1) is 63.2. The molecule has 0 amide bonds. The predicted octanol–water partition coefficient (Wildman–Crippen LogP) is 19.1. The molecule has 0 atom stereocenters. The summed E-state index contributed by atoms with van der Waals surface area (Å²) < 4.78 is 4.22. The molecule has 0 fully saturated rings. The van der Waals surface area contributed by atoms with E-state index >= 15 is 0 Å². The van der Waals surface area contributed by atoms with Gasteiger partial charge in [-0.3, -0.25) is 0 Å². The van der Waals surface area contributed by atoms with E-state index in [2.05, 4.69) is 548 Å². The monoisotopic (exact) mass is 1770 g/mol. The van der Waals surface area contributed by atoms with Gasteiger partial charge in [0, 0.05) is 422 Å². The average molecular weight is 1770 g/mol. The van der Waals surface area contributed by atoms with Gasteiger partial charge < -0.3 is 37.1 Å². The van der Waals surface area contributed by atoms with Gasteiger partial charge in [-0.25, -0.2) is 19.6 Å². The first kappa shape index (κ1) is 96.5. The second-order valence-electron chi connectivity index (χ2n) is 18.6. The number of nitrogens with one attached hydrogen (secondary N) is 1. The van der Waals surface area contributed by atoms with Crippen LogP contribution in [0.2, 0.25) is 0 Å². The molecule has 5 aromatic rings. The highest BCUT2D eigenvalue weighted by atomic mass is 15.8. The van der Waals surface area contributed by atoms with Crippen molar-refractivity contribution in [3.63, 3.8) is 0 Å². The molecule has 7 N–H and O–H groups in total. The lowest BCUT2D eigenvalue weighted by Gasteiger charge is -2.24. The second kappa shape index (κ2) is 67.2. The van der Waals surface area contributed by atoms with Crippen LogP contribution in [0.4, 0.5) is 23.0 Å². The van der Waals surface area contributed by atoms with E-state index in [1.54, 1.807) is 12.5 Å². The number of hydrogen-bond donors (Lipinski definition) is 4. The van der Waals surface area contributed by atoms with Gasteiger partial charge in [0.1, 0.15) is 6.33 Å². The zero-order valence-corrected chi connectivity index (χ0v) is 63.4. The molecule has 2 aromatic carbocycles. The maximum absolute atomic E-state index is 6.51. The van der Waals surface area contributed by atoms with Crippen molar-refractivity contribution < 1.29 is 0 Å². The van der Waals surface area contributed by atoms with E-state index in [1.165, 1.54) is 16.5 Å². The summed E-state index contributed by atoms with van der Waals surface area (Å²) in [6, 6.07) is 12.6. The average Bonchev–Trinajstić information content (AvgIpc) is 1.57. The van der Waals surface area contributed by atoms with Gasteiger partial charge in [0.05, 0.1) is 28.3 Å². The number of para-hydroxylation sites is 1. The van der Waals surface area contributed by atoms with Crippen molar-refractivity contribution in [3.8, 4) is 22.8 Å². The van der Waals surface area contributed by atoms with Crippen LogP contribution in [-0.2, 0) is 20.0 Å². The number of nitrogen functional groups attached to an aromatic ring is 1. The SMILES string of the molecule is Cc1cc(N(C)CCN(C)C)c(N)cc1Nc1nccc(-c2c(-c3ncnn3C)n3c4c(cccc24)CCC3)n1.N/N=N/N=N/N=N/N=N/N=N/N=N/N=N/N=N/N=N/N=N/N=N/N=N/N=N/N=N/N=N/N=N/N=N/N=N/N=N/N=N/N=N/N=N/N=N/N=N/N=N/N=N/N=N/N=N/N=N/N=N/N=N/N=N/N=N/N=N/N=N/N=N/N=N/N=N/N=N/N=N/N=N/N=N/N=N/N. The highest BCUT2D eigenvalue weighted by molar-refractivity contribution is 6.04. The van der Waals surface area contributed by atoms with Crippen molar-refractivity contribution in [2.45, 2.75) is 26.3 Å². The Kier molecular flexibility index (Phi) is 50.7. The molecular weight excluding hydrogens is 1730 g/mol. The Labute approximate surface area is 694 Å². The Morgan fingerprint density at radius 1 is 0.367 bits per heavy atom. The van der Waals surface area contributed by atoms with Gasteiger partial charge >= 0.3 is 0 Å². The Hall–Kier alpha value is -22.0. The van der Waals surface area contributed by atoms with Gasteiger partial charge in [-0.05, 0) is 136 Å². The molecule has 650 valence electrons. The van der Waals surface area contributed by atoms with Gasteiger partial charge in [0.25, 0.3) is 0 Å². The number of hydrogen-bond acceptors (Lipinski definition) is 10. The van der Waals surface area contributed by atoms with Crippen LogP contribution in [0.25, 0.3) is 33.7 Å². The van der Waals surface area contributed by atoms with E-state index < -0.39 is 0 Å². The van der Waals surface area contributed by atoms with Crippen molar-refractivity contribution >= 4 is 33.9 Å². The summed E-state index contributed by atoms with van der Waals surface area (Å²) in [7, 11) is 8.15. The van der Waals surface area contributed by atoms with E-state index in [0.29, 0.717) is 11.6 Å².